The first-order chi connectivity index (χ1) is 17.7. The van der Waals surface area contributed by atoms with E-state index < -0.39 is 0 Å². The van der Waals surface area contributed by atoms with Gasteiger partial charge in [-0.25, -0.2) is 9.97 Å². The minimum atomic E-state index is -0.169. The molecular weight excluding hydrogens is 454 g/mol. The number of aromatic nitrogens is 2. The Hall–Kier alpha value is -4.01. The van der Waals surface area contributed by atoms with Crippen LogP contribution in [0.2, 0.25) is 0 Å². The van der Waals surface area contributed by atoms with Crippen LogP contribution in [0, 0.1) is 0 Å². The van der Waals surface area contributed by atoms with Crippen LogP contribution in [-0.4, -0.2) is 54.2 Å². The molecule has 0 aliphatic carbocycles. The second kappa shape index (κ2) is 11.2. The summed E-state index contributed by atoms with van der Waals surface area (Å²) in [6.07, 6.45) is 1.58. The molecule has 1 amide bonds. The van der Waals surface area contributed by atoms with Gasteiger partial charge < -0.3 is 20.1 Å². The molecule has 1 aliphatic rings. The van der Waals surface area contributed by atoms with Gasteiger partial charge in [0.25, 0.3) is 5.91 Å². The first-order valence-corrected chi connectivity index (χ1v) is 12.0. The number of hydrogen-bond donors (Lipinski definition) is 2. The van der Waals surface area contributed by atoms with Crippen LogP contribution in [0.3, 0.4) is 0 Å². The van der Waals surface area contributed by atoms with Crippen molar-refractivity contribution in [3.05, 3.63) is 89.7 Å². The summed E-state index contributed by atoms with van der Waals surface area (Å²) >= 11 is 0. The number of morpholine rings is 1. The Kier molecular flexibility index (Phi) is 7.35. The van der Waals surface area contributed by atoms with E-state index in [9.17, 15) is 4.79 Å². The van der Waals surface area contributed by atoms with Crippen LogP contribution in [0.25, 0.3) is 10.9 Å². The number of benzene rings is 3. The number of ether oxygens (including phenoxy) is 2. The predicted octanol–water partition coefficient (Wildman–Crippen LogP) is 4.34. The summed E-state index contributed by atoms with van der Waals surface area (Å²) in [5.41, 5.74) is 4.46. The van der Waals surface area contributed by atoms with Crippen LogP contribution in [0.5, 0.6) is 5.75 Å². The van der Waals surface area contributed by atoms with Gasteiger partial charge in [0.2, 0.25) is 0 Å². The highest BCUT2D eigenvalue weighted by atomic mass is 16.5. The van der Waals surface area contributed by atoms with Crippen molar-refractivity contribution in [3.63, 3.8) is 0 Å². The number of methoxy groups -OCH3 is 1. The smallest absolute Gasteiger partial charge is 0.255 e. The van der Waals surface area contributed by atoms with Gasteiger partial charge in [0, 0.05) is 42.8 Å². The van der Waals surface area contributed by atoms with Crippen LogP contribution < -0.4 is 15.4 Å². The molecule has 0 spiro atoms. The molecule has 8 nitrogen and oxygen atoms in total. The fraction of sp³-hybridized carbons (Fsp3) is 0.250. The van der Waals surface area contributed by atoms with Gasteiger partial charge in [0.15, 0.2) is 0 Å². The van der Waals surface area contributed by atoms with E-state index in [2.05, 4.69) is 37.6 Å². The number of fused-ring (bicyclic) bond motifs is 1. The summed E-state index contributed by atoms with van der Waals surface area (Å²) in [6, 6.07) is 21.2. The summed E-state index contributed by atoms with van der Waals surface area (Å²) in [7, 11) is 1.60. The van der Waals surface area contributed by atoms with Crippen molar-refractivity contribution in [1.82, 2.24) is 14.9 Å². The summed E-state index contributed by atoms with van der Waals surface area (Å²) in [5.74, 6) is 1.33. The van der Waals surface area contributed by atoms with Gasteiger partial charge in [-0.1, -0.05) is 18.2 Å². The molecule has 36 heavy (non-hydrogen) atoms. The quantitative estimate of drug-likeness (QED) is 0.386. The summed E-state index contributed by atoms with van der Waals surface area (Å²) < 4.78 is 10.6. The Labute approximate surface area is 210 Å². The molecule has 0 radical (unpaired) electrons. The molecule has 2 N–H and O–H groups in total. The molecule has 1 aliphatic heterocycles. The Morgan fingerprint density at radius 3 is 2.64 bits per heavy atom. The van der Waals surface area contributed by atoms with Crippen molar-refractivity contribution in [2.75, 3.05) is 44.0 Å². The molecule has 4 aromatic rings. The molecule has 0 unspecified atom stereocenters. The number of carbonyl (C=O) groups is 1. The zero-order valence-corrected chi connectivity index (χ0v) is 20.2. The monoisotopic (exact) mass is 483 g/mol. The number of nitrogens with zero attached hydrogens (tertiary/aromatic N) is 3. The first kappa shape index (κ1) is 23.7. The molecule has 1 saturated heterocycles. The number of anilines is 2. The van der Waals surface area contributed by atoms with Crippen molar-refractivity contribution in [3.8, 4) is 5.75 Å². The second-order valence-electron chi connectivity index (χ2n) is 8.70. The third-order valence-corrected chi connectivity index (χ3v) is 6.21. The molecule has 0 atom stereocenters. The maximum absolute atomic E-state index is 12.6. The maximum atomic E-state index is 12.6. The van der Waals surface area contributed by atoms with Gasteiger partial charge in [-0.15, -0.1) is 0 Å². The van der Waals surface area contributed by atoms with Gasteiger partial charge in [-0.2, -0.15) is 0 Å². The molecule has 1 aromatic heterocycles. The van der Waals surface area contributed by atoms with Gasteiger partial charge in [-0.05, 0) is 59.7 Å². The average Bonchev–Trinajstić information content (AvgIpc) is 2.93. The molecule has 5 rings (SSSR count). The normalized spacial score (nSPS) is 13.9. The number of carbonyl (C=O) groups excluding carboxylic acids is 1. The lowest BCUT2D eigenvalue weighted by Crippen LogP contribution is -2.35. The Morgan fingerprint density at radius 1 is 1.00 bits per heavy atom. The fourth-order valence-corrected chi connectivity index (χ4v) is 4.25. The minimum Gasteiger partial charge on any atom is -0.497 e. The van der Waals surface area contributed by atoms with E-state index in [0.29, 0.717) is 17.9 Å². The zero-order chi connectivity index (χ0) is 24.7. The van der Waals surface area contributed by atoms with E-state index in [1.807, 2.05) is 30.3 Å². The highest BCUT2D eigenvalue weighted by molar-refractivity contribution is 6.04. The van der Waals surface area contributed by atoms with Crippen molar-refractivity contribution in [2.24, 2.45) is 0 Å². The van der Waals surface area contributed by atoms with E-state index in [4.69, 9.17) is 9.47 Å². The number of nitrogens with one attached hydrogen (secondary N) is 2. The topological polar surface area (TPSA) is 88.6 Å². The standard InChI is InChI=1S/C28H29N5O3/c1-35-24-8-6-22(7-9-24)28(34)32-23-4-2-3-20(15-23)17-29-27-25-16-21(5-10-26(25)30-19-31-27)18-33-11-13-36-14-12-33/h2-10,15-16,19H,11-14,17-18H2,1H3,(H,32,34)(H,29,30,31). The lowest BCUT2D eigenvalue weighted by atomic mass is 10.1. The average molecular weight is 484 g/mol. The van der Waals surface area contributed by atoms with Gasteiger partial charge >= 0.3 is 0 Å². The van der Waals surface area contributed by atoms with E-state index in [1.54, 1.807) is 37.7 Å². The number of rotatable bonds is 8. The zero-order valence-electron chi connectivity index (χ0n) is 20.2. The predicted molar refractivity (Wildman–Crippen MR) is 140 cm³/mol. The second-order valence-corrected chi connectivity index (χ2v) is 8.70. The molecule has 8 heteroatoms. The third-order valence-electron chi connectivity index (χ3n) is 6.21. The molecule has 2 heterocycles. The Bertz CT molecular complexity index is 1340. The van der Waals surface area contributed by atoms with Crippen molar-refractivity contribution < 1.29 is 14.3 Å². The van der Waals surface area contributed by atoms with Crippen LogP contribution in [0.1, 0.15) is 21.5 Å². The fourth-order valence-electron chi connectivity index (χ4n) is 4.25. The molecule has 0 bridgehead atoms. The van der Waals surface area contributed by atoms with Crippen molar-refractivity contribution >= 4 is 28.3 Å². The molecular formula is C28H29N5O3. The van der Waals surface area contributed by atoms with E-state index in [1.165, 1.54) is 5.56 Å². The number of amides is 1. The van der Waals surface area contributed by atoms with Crippen LogP contribution in [0.15, 0.2) is 73.1 Å². The van der Waals surface area contributed by atoms with Crippen molar-refractivity contribution in [2.45, 2.75) is 13.1 Å². The number of hydrogen-bond acceptors (Lipinski definition) is 7. The highest BCUT2D eigenvalue weighted by Crippen LogP contribution is 2.23. The molecule has 0 saturated carbocycles. The lowest BCUT2D eigenvalue weighted by molar-refractivity contribution is 0.0342. The van der Waals surface area contributed by atoms with Gasteiger partial charge in [0.05, 0.1) is 25.8 Å². The molecule has 3 aromatic carbocycles. The summed E-state index contributed by atoms with van der Waals surface area (Å²) in [5, 5.41) is 7.40. The van der Waals surface area contributed by atoms with Crippen LogP contribution >= 0.6 is 0 Å². The lowest BCUT2D eigenvalue weighted by Gasteiger charge is -2.26. The SMILES string of the molecule is COc1ccc(C(=O)Nc2cccc(CNc3ncnc4ccc(CN5CCOCC5)cc34)c2)cc1. The Morgan fingerprint density at radius 2 is 1.83 bits per heavy atom. The largest absolute Gasteiger partial charge is 0.497 e. The van der Waals surface area contributed by atoms with Crippen LogP contribution in [0.4, 0.5) is 11.5 Å². The summed E-state index contributed by atoms with van der Waals surface area (Å²) in [6.45, 7) is 4.89. The van der Waals surface area contributed by atoms with E-state index in [-0.39, 0.29) is 5.91 Å². The minimum absolute atomic E-state index is 0.169. The first-order valence-electron chi connectivity index (χ1n) is 12.0. The van der Waals surface area contributed by atoms with E-state index >= 15 is 0 Å². The van der Waals surface area contributed by atoms with Gasteiger partial charge in [-0.3, -0.25) is 9.69 Å². The highest BCUT2D eigenvalue weighted by Gasteiger charge is 2.12. The van der Waals surface area contributed by atoms with Gasteiger partial charge in [0.1, 0.15) is 17.9 Å². The molecule has 184 valence electrons. The Balaban J connectivity index is 1.26. The van der Waals surface area contributed by atoms with Crippen LogP contribution in [-0.2, 0) is 17.8 Å². The maximum Gasteiger partial charge on any atom is 0.255 e. The molecule has 1 fully saturated rings. The van der Waals surface area contributed by atoms with Crippen molar-refractivity contribution in [1.29, 1.82) is 0 Å². The third kappa shape index (κ3) is 5.79. The summed E-state index contributed by atoms with van der Waals surface area (Å²) in [4.78, 5) is 24.0. The van der Waals surface area contributed by atoms with E-state index in [0.717, 1.165) is 60.8 Å².